The van der Waals surface area contributed by atoms with Crippen LogP contribution in [0.3, 0.4) is 0 Å². The van der Waals surface area contributed by atoms with Gasteiger partial charge in [-0.15, -0.1) is 0 Å². The standard InChI is InChI=1S/C15H20N2O4/c16-13(18)8-3-5-17(6-4-8)14(19)11-9-1-2-10(7-9)12(11)15(20)21/h1-2,8-12H,3-7H2,(H2,16,18)(H,20,21)/p-1. The highest BCUT2D eigenvalue weighted by molar-refractivity contribution is 5.86. The first-order valence-corrected chi connectivity index (χ1v) is 7.46. The minimum Gasteiger partial charge on any atom is -0.550 e. The van der Waals surface area contributed by atoms with Gasteiger partial charge in [0.1, 0.15) is 0 Å². The number of hydrogen-bond donors (Lipinski definition) is 1. The van der Waals surface area contributed by atoms with Crippen LogP contribution >= 0.6 is 0 Å². The molecule has 0 radical (unpaired) electrons. The van der Waals surface area contributed by atoms with E-state index in [9.17, 15) is 19.5 Å². The predicted molar refractivity (Wildman–Crippen MR) is 71.2 cm³/mol. The fourth-order valence-corrected chi connectivity index (χ4v) is 4.08. The number of nitrogens with two attached hydrogens (primary N) is 1. The van der Waals surface area contributed by atoms with Gasteiger partial charge in [-0.2, -0.15) is 0 Å². The van der Waals surface area contributed by atoms with Gasteiger partial charge in [-0.05, 0) is 31.1 Å². The van der Waals surface area contributed by atoms with E-state index in [-0.39, 0.29) is 29.6 Å². The van der Waals surface area contributed by atoms with E-state index in [1.165, 1.54) is 0 Å². The summed E-state index contributed by atoms with van der Waals surface area (Å²) in [5, 5.41) is 11.4. The fourth-order valence-electron chi connectivity index (χ4n) is 4.08. The maximum Gasteiger partial charge on any atom is 0.226 e. The zero-order chi connectivity index (χ0) is 15.1. The monoisotopic (exact) mass is 291 g/mol. The molecular formula is C15H19N2O4-. The van der Waals surface area contributed by atoms with Crippen LogP contribution in [0.4, 0.5) is 0 Å². The maximum absolute atomic E-state index is 12.7. The molecule has 6 heteroatoms. The highest BCUT2D eigenvalue weighted by Gasteiger charge is 2.50. The number of likely N-dealkylation sites (tertiary alicyclic amines) is 1. The molecule has 3 rings (SSSR count). The Labute approximate surface area is 123 Å². The lowest BCUT2D eigenvalue weighted by atomic mass is 9.81. The van der Waals surface area contributed by atoms with Crippen molar-refractivity contribution < 1.29 is 19.5 Å². The van der Waals surface area contributed by atoms with Crippen LogP contribution in [-0.2, 0) is 14.4 Å². The fraction of sp³-hybridized carbons (Fsp3) is 0.667. The van der Waals surface area contributed by atoms with Crippen LogP contribution in [0.25, 0.3) is 0 Å². The highest BCUT2D eigenvalue weighted by Crippen LogP contribution is 2.48. The Morgan fingerprint density at radius 3 is 2.14 bits per heavy atom. The average molecular weight is 291 g/mol. The van der Waals surface area contributed by atoms with Crippen LogP contribution in [0.2, 0.25) is 0 Å². The number of amides is 2. The number of fused-ring (bicyclic) bond motifs is 2. The molecule has 0 aromatic carbocycles. The first kappa shape index (κ1) is 14.1. The van der Waals surface area contributed by atoms with Gasteiger partial charge in [0.2, 0.25) is 11.8 Å². The zero-order valence-corrected chi connectivity index (χ0v) is 11.7. The summed E-state index contributed by atoms with van der Waals surface area (Å²) >= 11 is 0. The Hall–Kier alpha value is -1.85. The molecule has 4 unspecified atom stereocenters. The van der Waals surface area contributed by atoms with Crippen molar-refractivity contribution in [2.45, 2.75) is 19.3 Å². The van der Waals surface area contributed by atoms with Crippen LogP contribution in [-0.4, -0.2) is 35.8 Å². The summed E-state index contributed by atoms with van der Waals surface area (Å²) in [4.78, 5) is 36.9. The van der Waals surface area contributed by atoms with Crippen molar-refractivity contribution in [1.29, 1.82) is 0 Å². The molecule has 0 spiro atoms. The minimum absolute atomic E-state index is 0.0132. The summed E-state index contributed by atoms with van der Waals surface area (Å²) in [6.07, 6.45) is 5.71. The number of nitrogens with zero attached hydrogens (tertiary/aromatic N) is 1. The van der Waals surface area contributed by atoms with Crippen molar-refractivity contribution in [3.8, 4) is 0 Å². The van der Waals surface area contributed by atoms with Gasteiger partial charge in [-0.3, -0.25) is 9.59 Å². The summed E-state index contributed by atoms with van der Waals surface area (Å²) in [7, 11) is 0. The van der Waals surface area contributed by atoms with E-state index >= 15 is 0 Å². The van der Waals surface area contributed by atoms with Gasteiger partial charge < -0.3 is 20.5 Å². The van der Waals surface area contributed by atoms with Crippen LogP contribution in [0.1, 0.15) is 19.3 Å². The van der Waals surface area contributed by atoms with E-state index in [0.717, 1.165) is 6.42 Å². The van der Waals surface area contributed by atoms with Gasteiger partial charge in [0, 0.05) is 30.9 Å². The van der Waals surface area contributed by atoms with E-state index in [1.54, 1.807) is 4.90 Å². The Balaban J connectivity index is 1.70. The predicted octanol–water partition coefficient (Wildman–Crippen LogP) is -1.10. The SMILES string of the molecule is NC(=O)C1CCN(C(=O)C2C3C=CC(C3)C2C(=O)[O-])CC1. The van der Waals surface area contributed by atoms with Crippen molar-refractivity contribution in [3.63, 3.8) is 0 Å². The molecule has 21 heavy (non-hydrogen) atoms. The molecule has 0 aromatic heterocycles. The topological polar surface area (TPSA) is 104 Å². The summed E-state index contributed by atoms with van der Waals surface area (Å²) in [6.45, 7) is 0.952. The maximum atomic E-state index is 12.7. The summed E-state index contributed by atoms with van der Waals surface area (Å²) in [6, 6.07) is 0. The van der Waals surface area contributed by atoms with Crippen molar-refractivity contribution in [2.75, 3.05) is 13.1 Å². The number of carbonyl (C=O) groups excluding carboxylic acids is 3. The van der Waals surface area contributed by atoms with E-state index in [1.807, 2.05) is 12.2 Å². The lowest BCUT2D eigenvalue weighted by Crippen LogP contribution is -2.49. The average Bonchev–Trinajstić information content (AvgIpc) is 3.07. The molecule has 1 saturated carbocycles. The molecule has 0 aromatic rings. The van der Waals surface area contributed by atoms with Gasteiger partial charge in [0.25, 0.3) is 0 Å². The van der Waals surface area contributed by atoms with Crippen molar-refractivity contribution >= 4 is 17.8 Å². The number of aliphatic carboxylic acids is 1. The Morgan fingerprint density at radius 1 is 1.05 bits per heavy atom. The molecule has 2 amide bonds. The van der Waals surface area contributed by atoms with Crippen LogP contribution < -0.4 is 10.8 Å². The van der Waals surface area contributed by atoms with Crippen molar-refractivity contribution in [2.24, 2.45) is 35.3 Å². The minimum atomic E-state index is -1.13. The highest BCUT2D eigenvalue weighted by atomic mass is 16.4. The molecule has 114 valence electrons. The van der Waals surface area contributed by atoms with E-state index in [0.29, 0.717) is 25.9 Å². The number of piperidine rings is 1. The summed E-state index contributed by atoms with van der Waals surface area (Å²) < 4.78 is 0. The number of rotatable bonds is 3. The lowest BCUT2D eigenvalue weighted by Gasteiger charge is -2.36. The number of primary amides is 1. The van der Waals surface area contributed by atoms with E-state index in [2.05, 4.69) is 0 Å². The zero-order valence-electron chi connectivity index (χ0n) is 11.7. The molecule has 1 heterocycles. The van der Waals surface area contributed by atoms with E-state index in [4.69, 9.17) is 5.73 Å². The molecule has 2 fully saturated rings. The molecule has 1 saturated heterocycles. The number of hydrogen-bond acceptors (Lipinski definition) is 4. The third-order valence-corrected chi connectivity index (χ3v) is 5.23. The normalized spacial score (nSPS) is 35.1. The Bertz CT molecular complexity index is 508. The number of carboxylic acid groups (broad SMARTS) is 1. The van der Waals surface area contributed by atoms with Gasteiger partial charge in [-0.25, -0.2) is 0 Å². The van der Waals surface area contributed by atoms with Crippen molar-refractivity contribution in [1.82, 2.24) is 4.90 Å². The number of carboxylic acids is 1. The molecule has 2 aliphatic carbocycles. The largest absolute Gasteiger partial charge is 0.550 e. The first-order chi connectivity index (χ1) is 9.99. The van der Waals surface area contributed by atoms with Crippen LogP contribution in [0, 0.1) is 29.6 Å². The van der Waals surface area contributed by atoms with Gasteiger partial charge >= 0.3 is 0 Å². The molecule has 2 N–H and O–H groups in total. The lowest BCUT2D eigenvalue weighted by molar-refractivity contribution is -0.313. The number of carbonyl (C=O) groups is 3. The van der Waals surface area contributed by atoms with Crippen LogP contribution in [0.5, 0.6) is 0 Å². The van der Waals surface area contributed by atoms with Crippen LogP contribution in [0.15, 0.2) is 12.2 Å². The molecule has 6 nitrogen and oxygen atoms in total. The molecule has 3 aliphatic rings. The Morgan fingerprint density at radius 2 is 1.62 bits per heavy atom. The van der Waals surface area contributed by atoms with Crippen molar-refractivity contribution in [3.05, 3.63) is 12.2 Å². The second-order valence-corrected chi connectivity index (χ2v) is 6.32. The third-order valence-electron chi connectivity index (χ3n) is 5.23. The smallest absolute Gasteiger partial charge is 0.226 e. The summed E-state index contributed by atoms with van der Waals surface area (Å²) in [5.74, 6) is -3.00. The number of allylic oxidation sites excluding steroid dienone is 2. The van der Waals surface area contributed by atoms with Gasteiger partial charge in [-0.1, -0.05) is 12.2 Å². The Kier molecular flexibility index (Phi) is 3.47. The second kappa shape index (κ2) is 5.16. The molecule has 1 aliphatic heterocycles. The molecular weight excluding hydrogens is 272 g/mol. The second-order valence-electron chi connectivity index (χ2n) is 6.32. The summed E-state index contributed by atoms with van der Waals surface area (Å²) in [5.41, 5.74) is 5.28. The third kappa shape index (κ3) is 2.32. The quantitative estimate of drug-likeness (QED) is 0.666. The molecule has 2 bridgehead atoms. The molecule has 4 atom stereocenters. The van der Waals surface area contributed by atoms with E-state index < -0.39 is 17.8 Å². The van der Waals surface area contributed by atoms with Gasteiger partial charge in [0.05, 0.1) is 5.92 Å². The first-order valence-electron chi connectivity index (χ1n) is 7.46. The van der Waals surface area contributed by atoms with Gasteiger partial charge in [0.15, 0.2) is 0 Å².